The molecule has 7 nitrogen and oxygen atoms in total. The molecule has 160 valence electrons. The number of carbonyl (C=O) groups excluding carboxylic acids is 2. The summed E-state index contributed by atoms with van der Waals surface area (Å²) in [5.41, 5.74) is 1.22. The lowest BCUT2D eigenvalue weighted by molar-refractivity contribution is -0.117. The Morgan fingerprint density at radius 1 is 0.967 bits per heavy atom. The predicted octanol–water partition coefficient (Wildman–Crippen LogP) is 2.75. The summed E-state index contributed by atoms with van der Waals surface area (Å²) in [5.74, 6) is -0.0585. The molecule has 1 heterocycles. The highest BCUT2D eigenvalue weighted by molar-refractivity contribution is 5.92. The molecule has 0 aromatic heterocycles. The lowest BCUT2D eigenvalue weighted by Crippen LogP contribution is -2.52. The number of para-hydroxylation sites is 2. The van der Waals surface area contributed by atoms with E-state index in [0.29, 0.717) is 31.7 Å². The van der Waals surface area contributed by atoms with Crippen LogP contribution in [0.15, 0.2) is 54.6 Å². The molecule has 3 rings (SSSR count). The summed E-state index contributed by atoms with van der Waals surface area (Å²) in [4.78, 5) is 28.2. The van der Waals surface area contributed by atoms with Gasteiger partial charge in [0.25, 0.3) is 0 Å². The number of hydrogen-bond donors (Lipinski definition) is 2. The largest absolute Gasteiger partial charge is 0.434 e. The van der Waals surface area contributed by atoms with Gasteiger partial charge in [0.1, 0.15) is 5.75 Å². The predicted molar refractivity (Wildman–Crippen MR) is 108 cm³/mol. The number of amides is 3. The third-order valence-corrected chi connectivity index (χ3v) is 4.70. The molecule has 0 atom stereocenters. The van der Waals surface area contributed by atoms with Crippen LogP contribution in [0.3, 0.4) is 0 Å². The quantitative estimate of drug-likeness (QED) is 0.725. The highest BCUT2D eigenvalue weighted by Crippen LogP contribution is 2.20. The Morgan fingerprint density at radius 2 is 1.63 bits per heavy atom. The Hall–Kier alpha value is -3.20. The van der Waals surface area contributed by atoms with Gasteiger partial charge in [0.15, 0.2) is 0 Å². The SMILES string of the molecule is O=C(CN1CCN(C(=O)NCc2ccccc2OC(F)F)CC1)Nc1ccccc1. The van der Waals surface area contributed by atoms with Crippen molar-refractivity contribution in [2.24, 2.45) is 0 Å². The molecular weight excluding hydrogens is 394 g/mol. The third-order valence-electron chi connectivity index (χ3n) is 4.70. The van der Waals surface area contributed by atoms with Gasteiger partial charge in [-0.3, -0.25) is 9.69 Å². The molecule has 0 radical (unpaired) electrons. The highest BCUT2D eigenvalue weighted by Gasteiger charge is 2.22. The van der Waals surface area contributed by atoms with Crippen LogP contribution >= 0.6 is 0 Å². The molecule has 2 aromatic rings. The van der Waals surface area contributed by atoms with Crippen molar-refractivity contribution in [1.82, 2.24) is 15.1 Å². The molecule has 1 aliphatic rings. The summed E-state index contributed by atoms with van der Waals surface area (Å²) in [7, 11) is 0. The number of nitrogens with zero attached hydrogens (tertiary/aromatic N) is 2. The van der Waals surface area contributed by atoms with E-state index < -0.39 is 6.61 Å². The van der Waals surface area contributed by atoms with Gasteiger partial charge in [0.05, 0.1) is 6.54 Å². The molecular formula is C21H24F2N4O3. The maximum atomic E-state index is 12.5. The summed E-state index contributed by atoms with van der Waals surface area (Å²) < 4.78 is 29.5. The summed E-state index contributed by atoms with van der Waals surface area (Å²) in [6.07, 6.45) is 0. The fourth-order valence-corrected chi connectivity index (χ4v) is 3.18. The Balaban J connectivity index is 1.42. The lowest BCUT2D eigenvalue weighted by atomic mass is 10.2. The van der Waals surface area contributed by atoms with E-state index in [-0.39, 0.29) is 30.8 Å². The first-order valence-electron chi connectivity index (χ1n) is 9.64. The highest BCUT2D eigenvalue weighted by atomic mass is 19.3. The lowest BCUT2D eigenvalue weighted by Gasteiger charge is -2.34. The second kappa shape index (κ2) is 10.5. The first kappa shape index (κ1) is 21.5. The van der Waals surface area contributed by atoms with E-state index in [0.717, 1.165) is 5.69 Å². The molecule has 0 aliphatic carbocycles. The minimum absolute atomic E-state index is 0.0436. The Morgan fingerprint density at radius 3 is 2.33 bits per heavy atom. The van der Waals surface area contributed by atoms with Crippen LogP contribution in [0.5, 0.6) is 5.75 Å². The molecule has 1 aliphatic heterocycles. The number of piperazine rings is 1. The fraction of sp³-hybridized carbons (Fsp3) is 0.333. The molecule has 0 saturated carbocycles. The minimum atomic E-state index is -2.92. The molecule has 9 heteroatoms. The first-order chi connectivity index (χ1) is 14.5. The summed E-state index contributed by atoms with van der Waals surface area (Å²) in [5, 5.41) is 5.58. The van der Waals surface area contributed by atoms with E-state index >= 15 is 0 Å². The number of rotatable bonds is 7. The van der Waals surface area contributed by atoms with Gasteiger partial charge < -0.3 is 20.3 Å². The van der Waals surface area contributed by atoms with Gasteiger partial charge in [0, 0.05) is 44.0 Å². The van der Waals surface area contributed by atoms with Crippen LogP contribution < -0.4 is 15.4 Å². The average Bonchev–Trinajstić information content (AvgIpc) is 2.73. The maximum Gasteiger partial charge on any atom is 0.387 e. The van der Waals surface area contributed by atoms with E-state index in [1.54, 1.807) is 23.1 Å². The van der Waals surface area contributed by atoms with Crippen LogP contribution in [0.2, 0.25) is 0 Å². The number of nitrogens with one attached hydrogen (secondary N) is 2. The zero-order valence-corrected chi connectivity index (χ0v) is 16.4. The smallest absolute Gasteiger partial charge is 0.387 e. The van der Waals surface area contributed by atoms with Crippen LogP contribution in [0.1, 0.15) is 5.56 Å². The van der Waals surface area contributed by atoms with Gasteiger partial charge in [-0.25, -0.2) is 4.79 Å². The fourth-order valence-electron chi connectivity index (χ4n) is 3.18. The Bertz CT molecular complexity index is 843. The van der Waals surface area contributed by atoms with Crippen LogP contribution in [-0.4, -0.2) is 61.1 Å². The molecule has 2 aromatic carbocycles. The number of urea groups is 1. The molecule has 0 bridgehead atoms. The van der Waals surface area contributed by atoms with E-state index in [9.17, 15) is 18.4 Å². The number of anilines is 1. The summed E-state index contributed by atoms with van der Waals surface area (Å²) >= 11 is 0. The van der Waals surface area contributed by atoms with Crippen molar-refractivity contribution >= 4 is 17.6 Å². The second-order valence-electron chi connectivity index (χ2n) is 6.82. The number of alkyl halides is 2. The second-order valence-corrected chi connectivity index (χ2v) is 6.82. The van der Waals surface area contributed by atoms with Crippen LogP contribution in [0.25, 0.3) is 0 Å². The van der Waals surface area contributed by atoms with Gasteiger partial charge in [-0.15, -0.1) is 0 Å². The first-order valence-corrected chi connectivity index (χ1v) is 9.64. The van der Waals surface area contributed by atoms with E-state index in [1.165, 1.54) is 6.07 Å². The van der Waals surface area contributed by atoms with Crippen molar-refractivity contribution in [2.75, 3.05) is 38.0 Å². The third kappa shape index (κ3) is 6.41. The van der Waals surface area contributed by atoms with Gasteiger partial charge in [-0.05, 0) is 18.2 Å². The van der Waals surface area contributed by atoms with Gasteiger partial charge >= 0.3 is 12.6 Å². The van der Waals surface area contributed by atoms with E-state index in [1.807, 2.05) is 35.2 Å². The van der Waals surface area contributed by atoms with Crippen molar-refractivity contribution in [1.29, 1.82) is 0 Å². The number of benzene rings is 2. The van der Waals surface area contributed by atoms with E-state index in [2.05, 4.69) is 15.4 Å². The van der Waals surface area contributed by atoms with Crippen LogP contribution in [-0.2, 0) is 11.3 Å². The summed E-state index contributed by atoms with van der Waals surface area (Å²) in [6.45, 7) is -0.501. The molecule has 30 heavy (non-hydrogen) atoms. The van der Waals surface area contributed by atoms with Crippen LogP contribution in [0.4, 0.5) is 19.3 Å². The van der Waals surface area contributed by atoms with Crippen molar-refractivity contribution < 1.29 is 23.1 Å². The van der Waals surface area contributed by atoms with E-state index in [4.69, 9.17) is 0 Å². The Kier molecular flexibility index (Phi) is 7.56. The van der Waals surface area contributed by atoms with Gasteiger partial charge in [0.2, 0.25) is 5.91 Å². The zero-order valence-electron chi connectivity index (χ0n) is 16.4. The van der Waals surface area contributed by atoms with Crippen molar-refractivity contribution in [3.8, 4) is 5.75 Å². The molecule has 2 N–H and O–H groups in total. The standard InChI is InChI=1S/C21H24F2N4O3/c22-20(23)30-18-9-5-4-6-16(18)14-24-21(29)27-12-10-26(11-13-27)15-19(28)25-17-7-2-1-3-8-17/h1-9,20H,10-15H2,(H,24,29)(H,25,28). The Labute approximate surface area is 173 Å². The van der Waals surface area contributed by atoms with Crippen molar-refractivity contribution in [2.45, 2.75) is 13.2 Å². The number of halogens is 2. The molecule has 1 fully saturated rings. The van der Waals surface area contributed by atoms with Gasteiger partial charge in [-0.2, -0.15) is 8.78 Å². The van der Waals surface area contributed by atoms with Crippen LogP contribution in [0, 0.1) is 0 Å². The normalized spacial score (nSPS) is 14.4. The molecule has 0 unspecified atom stereocenters. The number of ether oxygens (including phenoxy) is 1. The topological polar surface area (TPSA) is 73.9 Å². The molecule has 0 spiro atoms. The van der Waals surface area contributed by atoms with Crippen molar-refractivity contribution in [3.05, 3.63) is 60.2 Å². The number of hydrogen-bond acceptors (Lipinski definition) is 4. The average molecular weight is 418 g/mol. The zero-order chi connectivity index (χ0) is 21.3. The van der Waals surface area contributed by atoms with Crippen molar-refractivity contribution in [3.63, 3.8) is 0 Å². The number of carbonyl (C=O) groups is 2. The minimum Gasteiger partial charge on any atom is -0.434 e. The molecule has 1 saturated heterocycles. The maximum absolute atomic E-state index is 12.5. The summed E-state index contributed by atoms with van der Waals surface area (Å²) in [6, 6.07) is 15.3. The van der Waals surface area contributed by atoms with Gasteiger partial charge in [-0.1, -0.05) is 36.4 Å². The monoisotopic (exact) mass is 418 g/mol. The molecule has 3 amide bonds.